The number of likely N-dealkylation sites (N-methyl/N-ethyl adjacent to an activating group) is 1. The minimum absolute atomic E-state index is 0.0632. The minimum atomic E-state index is -0.813. The largest absolute Gasteiger partial charge is 0.444 e. The second-order valence-corrected chi connectivity index (χ2v) is 7.75. The zero-order chi connectivity index (χ0) is 22.1. The Morgan fingerprint density at radius 3 is 2.67 bits per heavy atom. The van der Waals surface area contributed by atoms with Gasteiger partial charge in [0.05, 0.1) is 0 Å². The summed E-state index contributed by atoms with van der Waals surface area (Å²) in [5.41, 5.74) is 0.685. The maximum absolute atomic E-state index is 13.9. The molecule has 1 atom stereocenters. The Morgan fingerprint density at radius 1 is 1.27 bits per heavy atom. The van der Waals surface area contributed by atoms with Gasteiger partial charge in [0, 0.05) is 30.6 Å². The lowest BCUT2D eigenvalue weighted by Gasteiger charge is -2.27. The zero-order valence-corrected chi connectivity index (χ0v) is 17.4. The Morgan fingerprint density at radius 2 is 2.00 bits per heavy atom. The Kier molecular flexibility index (Phi) is 5.68. The van der Waals surface area contributed by atoms with Crippen molar-refractivity contribution in [2.75, 3.05) is 12.4 Å². The maximum Gasteiger partial charge on any atom is 0.410 e. The maximum atomic E-state index is 13.9. The topological polar surface area (TPSA) is 102 Å². The highest BCUT2D eigenvalue weighted by molar-refractivity contribution is 5.95. The molecule has 30 heavy (non-hydrogen) atoms. The molecular formula is C20H23FN6O3. The second-order valence-electron chi connectivity index (χ2n) is 7.75. The Bertz CT molecular complexity index is 1090. The molecule has 3 aromatic heterocycles. The van der Waals surface area contributed by atoms with Crippen LogP contribution >= 0.6 is 0 Å². The summed E-state index contributed by atoms with van der Waals surface area (Å²) in [5, 5.41) is 6.79. The van der Waals surface area contributed by atoms with E-state index in [-0.39, 0.29) is 5.95 Å². The van der Waals surface area contributed by atoms with Crippen molar-refractivity contribution < 1.29 is 18.7 Å². The molecule has 0 fully saturated rings. The number of ether oxygens (including phenoxy) is 1. The molecule has 0 aliphatic rings. The van der Waals surface area contributed by atoms with Crippen molar-refractivity contribution >= 4 is 23.6 Å². The van der Waals surface area contributed by atoms with Crippen LogP contribution in [0, 0.1) is 5.95 Å². The first-order chi connectivity index (χ1) is 14.0. The van der Waals surface area contributed by atoms with Gasteiger partial charge in [0.2, 0.25) is 17.8 Å². The van der Waals surface area contributed by atoms with Crippen LogP contribution in [0.4, 0.5) is 15.1 Å². The average molecular weight is 414 g/mol. The van der Waals surface area contributed by atoms with Crippen LogP contribution in [0.15, 0.2) is 36.7 Å². The van der Waals surface area contributed by atoms with Gasteiger partial charge in [0.25, 0.3) is 0 Å². The van der Waals surface area contributed by atoms with Crippen molar-refractivity contribution in [3.05, 3.63) is 42.6 Å². The summed E-state index contributed by atoms with van der Waals surface area (Å²) in [6, 6.07) is 5.77. The van der Waals surface area contributed by atoms with Crippen molar-refractivity contribution in [2.24, 2.45) is 0 Å². The van der Waals surface area contributed by atoms with Gasteiger partial charge in [0.15, 0.2) is 5.65 Å². The number of fused-ring (bicyclic) bond motifs is 1. The second kappa shape index (κ2) is 8.05. The van der Waals surface area contributed by atoms with Crippen LogP contribution in [0.2, 0.25) is 0 Å². The lowest BCUT2D eigenvalue weighted by Crippen LogP contribution is -2.45. The molecule has 0 saturated carbocycles. The molecule has 1 N–H and O–H groups in total. The molecule has 0 spiro atoms. The molecule has 2 amide bonds. The van der Waals surface area contributed by atoms with Crippen LogP contribution in [-0.4, -0.2) is 55.2 Å². The number of hydrogen-bond donors (Lipinski definition) is 1. The summed E-state index contributed by atoms with van der Waals surface area (Å²) < 4.78 is 20.6. The van der Waals surface area contributed by atoms with Gasteiger partial charge in [-0.1, -0.05) is 0 Å². The van der Waals surface area contributed by atoms with Crippen LogP contribution < -0.4 is 5.32 Å². The third kappa shape index (κ3) is 4.70. The molecule has 3 rings (SSSR count). The van der Waals surface area contributed by atoms with Crippen LogP contribution in [0.1, 0.15) is 27.7 Å². The molecule has 3 heterocycles. The van der Waals surface area contributed by atoms with Crippen molar-refractivity contribution in [2.45, 2.75) is 39.3 Å². The first kappa shape index (κ1) is 21.2. The summed E-state index contributed by atoms with van der Waals surface area (Å²) in [6.45, 7) is 6.80. The first-order valence-electron chi connectivity index (χ1n) is 9.29. The predicted octanol–water partition coefficient (Wildman–Crippen LogP) is 3.12. The summed E-state index contributed by atoms with van der Waals surface area (Å²) in [7, 11) is 1.48. The number of anilines is 1. The highest BCUT2D eigenvalue weighted by atomic mass is 19.1. The van der Waals surface area contributed by atoms with Crippen LogP contribution in [-0.2, 0) is 9.53 Å². The number of halogens is 1. The predicted molar refractivity (Wildman–Crippen MR) is 108 cm³/mol. The number of hydrogen-bond acceptors (Lipinski definition) is 6. The van der Waals surface area contributed by atoms with Gasteiger partial charge in [-0.3, -0.25) is 15.0 Å². The third-order valence-electron chi connectivity index (χ3n) is 4.28. The molecular weight excluding hydrogens is 391 g/mol. The molecule has 0 bridgehead atoms. The van der Waals surface area contributed by atoms with E-state index in [9.17, 15) is 14.0 Å². The first-order valence-corrected chi connectivity index (χ1v) is 9.29. The highest BCUT2D eigenvalue weighted by Crippen LogP contribution is 2.22. The third-order valence-corrected chi connectivity index (χ3v) is 4.28. The van der Waals surface area contributed by atoms with Gasteiger partial charge >= 0.3 is 6.09 Å². The molecule has 158 valence electrons. The number of aromatic nitrogens is 4. The number of pyridine rings is 2. The lowest BCUT2D eigenvalue weighted by molar-refractivity contribution is -0.120. The van der Waals surface area contributed by atoms with Crippen LogP contribution in [0.5, 0.6) is 0 Å². The van der Waals surface area contributed by atoms with E-state index in [4.69, 9.17) is 4.74 Å². The number of amides is 2. The lowest BCUT2D eigenvalue weighted by atomic mass is 10.1. The van der Waals surface area contributed by atoms with Gasteiger partial charge in [-0.2, -0.15) is 9.37 Å². The van der Waals surface area contributed by atoms with Gasteiger partial charge in [-0.25, -0.2) is 14.3 Å². The normalized spacial score (nSPS) is 12.5. The van der Waals surface area contributed by atoms with Gasteiger partial charge in [-0.15, -0.1) is 5.10 Å². The van der Waals surface area contributed by atoms with Gasteiger partial charge in [0.1, 0.15) is 11.6 Å². The standard InChI is InChI=1S/C20H23FN6O3/c1-12(26(5)19(29)30-20(2,3)4)17(28)24-18-23-15-9-8-13(11-27(15)25-18)14-7-6-10-22-16(14)21/h6-12H,1-5H3,(H,24,25,28)/t12-/m0/s1. The molecule has 0 aliphatic heterocycles. The Labute approximate surface area is 172 Å². The number of nitrogens with one attached hydrogen (secondary N) is 1. The van der Waals surface area contributed by atoms with Gasteiger partial charge < -0.3 is 4.74 Å². The van der Waals surface area contributed by atoms with Gasteiger partial charge in [-0.05, 0) is 52.0 Å². The average Bonchev–Trinajstić information content (AvgIpc) is 3.07. The fourth-order valence-corrected chi connectivity index (χ4v) is 2.58. The van der Waals surface area contributed by atoms with E-state index in [1.807, 2.05) is 0 Å². The summed E-state index contributed by atoms with van der Waals surface area (Å²) in [5.74, 6) is -1.00. The molecule has 0 aromatic carbocycles. The molecule has 10 heteroatoms. The van der Waals surface area contributed by atoms with E-state index in [2.05, 4.69) is 20.4 Å². The summed E-state index contributed by atoms with van der Waals surface area (Å²) in [4.78, 5) is 33.7. The van der Waals surface area contributed by atoms with E-state index < -0.39 is 29.6 Å². The van der Waals surface area contributed by atoms with Crippen LogP contribution in [0.3, 0.4) is 0 Å². The highest BCUT2D eigenvalue weighted by Gasteiger charge is 2.27. The SMILES string of the molecule is C[C@@H](C(=O)Nc1nc2ccc(-c3cccnc3F)cn2n1)N(C)C(=O)OC(C)(C)C. The van der Waals surface area contributed by atoms with Crippen molar-refractivity contribution in [1.29, 1.82) is 0 Å². The summed E-state index contributed by atoms with van der Waals surface area (Å²) >= 11 is 0. The quantitative estimate of drug-likeness (QED) is 0.658. The smallest absolute Gasteiger partial charge is 0.410 e. The van der Waals surface area contributed by atoms with Crippen LogP contribution in [0.25, 0.3) is 16.8 Å². The van der Waals surface area contributed by atoms with Crippen molar-refractivity contribution in [3.63, 3.8) is 0 Å². The fourth-order valence-electron chi connectivity index (χ4n) is 2.58. The minimum Gasteiger partial charge on any atom is -0.444 e. The van der Waals surface area contributed by atoms with Crippen molar-refractivity contribution in [3.8, 4) is 11.1 Å². The fraction of sp³-hybridized carbons (Fsp3) is 0.350. The monoisotopic (exact) mass is 414 g/mol. The Balaban J connectivity index is 1.75. The van der Waals surface area contributed by atoms with E-state index in [0.29, 0.717) is 16.8 Å². The number of rotatable bonds is 4. The van der Waals surface area contributed by atoms with E-state index in [1.54, 1.807) is 58.2 Å². The number of carbonyl (C=O) groups excluding carboxylic acids is 2. The molecule has 3 aromatic rings. The number of carbonyl (C=O) groups is 2. The number of nitrogens with zero attached hydrogens (tertiary/aromatic N) is 5. The molecule has 0 unspecified atom stereocenters. The molecule has 0 aliphatic carbocycles. The molecule has 0 radical (unpaired) electrons. The van der Waals surface area contributed by atoms with E-state index in [0.717, 1.165) is 0 Å². The van der Waals surface area contributed by atoms with E-state index in [1.165, 1.54) is 22.7 Å². The Hall–Kier alpha value is -3.56. The molecule has 9 nitrogen and oxygen atoms in total. The summed E-state index contributed by atoms with van der Waals surface area (Å²) in [6.07, 6.45) is 2.35. The van der Waals surface area contributed by atoms with E-state index >= 15 is 0 Å². The van der Waals surface area contributed by atoms with Crippen molar-refractivity contribution in [1.82, 2.24) is 24.5 Å². The zero-order valence-electron chi connectivity index (χ0n) is 17.4. The molecule has 0 saturated heterocycles.